The van der Waals surface area contributed by atoms with Gasteiger partial charge in [0.25, 0.3) is 0 Å². The molecule has 0 bridgehead atoms. The second-order valence-corrected chi connectivity index (χ2v) is 4.60. The third-order valence-corrected chi connectivity index (χ3v) is 3.31. The standard InChI is InChI=1S/C14H21NO4/c1-17-12-7-6-10(13(18-2)14(12)19-3)11(8-16)15-9-4-5-9/h6-7,9,11,15-16H,4-5,8H2,1-3H3. The lowest BCUT2D eigenvalue weighted by Gasteiger charge is -2.21. The van der Waals surface area contributed by atoms with Gasteiger partial charge < -0.3 is 24.6 Å². The average Bonchev–Trinajstić information content (AvgIpc) is 3.26. The van der Waals surface area contributed by atoms with Gasteiger partial charge in [0.1, 0.15) is 0 Å². The highest BCUT2D eigenvalue weighted by Crippen LogP contribution is 2.42. The first-order chi connectivity index (χ1) is 9.24. The molecule has 1 aromatic rings. The summed E-state index contributed by atoms with van der Waals surface area (Å²) in [4.78, 5) is 0. The second kappa shape index (κ2) is 6.12. The molecule has 19 heavy (non-hydrogen) atoms. The number of aliphatic hydroxyl groups excluding tert-OH is 1. The van der Waals surface area contributed by atoms with E-state index in [1.165, 1.54) is 0 Å². The lowest BCUT2D eigenvalue weighted by atomic mass is 10.0. The van der Waals surface area contributed by atoms with Crippen molar-refractivity contribution in [3.8, 4) is 17.2 Å². The van der Waals surface area contributed by atoms with E-state index in [-0.39, 0.29) is 12.6 Å². The Bertz CT molecular complexity index is 432. The molecule has 0 radical (unpaired) electrons. The molecule has 1 unspecified atom stereocenters. The number of nitrogens with one attached hydrogen (secondary N) is 1. The number of hydrogen-bond donors (Lipinski definition) is 2. The molecular formula is C14H21NO4. The van der Waals surface area contributed by atoms with E-state index in [1.807, 2.05) is 12.1 Å². The maximum atomic E-state index is 9.58. The fraction of sp³-hybridized carbons (Fsp3) is 0.571. The van der Waals surface area contributed by atoms with E-state index in [0.29, 0.717) is 23.3 Å². The van der Waals surface area contributed by atoms with Crippen LogP contribution in [0.4, 0.5) is 0 Å². The van der Waals surface area contributed by atoms with Crippen molar-refractivity contribution in [2.24, 2.45) is 0 Å². The zero-order valence-electron chi connectivity index (χ0n) is 11.6. The van der Waals surface area contributed by atoms with Gasteiger partial charge in [0, 0.05) is 11.6 Å². The molecule has 1 atom stereocenters. The first-order valence-electron chi connectivity index (χ1n) is 6.40. The number of rotatable bonds is 7. The van der Waals surface area contributed by atoms with Crippen LogP contribution < -0.4 is 19.5 Å². The van der Waals surface area contributed by atoms with Gasteiger partial charge in [-0.1, -0.05) is 0 Å². The van der Waals surface area contributed by atoms with Gasteiger partial charge in [-0.05, 0) is 25.0 Å². The van der Waals surface area contributed by atoms with Crippen molar-refractivity contribution in [1.82, 2.24) is 5.32 Å². The van der Waals surface area contributed by atoms with E-state index in [4.69, 9.17) is 14.2 Å². The number of methoxy groups -OCH3 is 3. The lowest BCUT2D eigenvalue weighted by molar-refractivity contribution is 0.238. The summed E-state index contributed by atoms with van der Waals surface area (Å²) in [5.74, 6) is 1.78. The van der Waals surface area contributed by atoms with E-state index in [0.717, 1.165) is 18.4 Å². The summed E-state index contributed by atoms with van der Waals surface area (Å²) in [6.45, 7) is 0.0162. The molecular weight excluding hydrogens is 246 g/mol. The number of ether oxygens (including phenoxy) is 3. The Morgan fingerprint density at radius 1 is 1.16 bits per heavy atom. The van der Waals surface area contributed by atoms with Gasteiger partial charge in [0.15, 0.2) is 11.5 Å². The summed E-state index contributed by atoms with van der Waals surface area (Å²) in [7, 11) is 4.75. The molecule has 5 nitrogen and oxygen atoms in total. The van der Waals surface area contributed by atoms with Gasteiger partial charge in [0.2, 0.25) is 5.75 Å². The molecule has 1 saturated carbocycles. The second-order valence-electron chi connectivity index (χ2n) is 4.60. The van der Waals surface area contributed by atoms with E-state index in [1.54, 1.807) is 21.3 Å². The summed E-state index contributed by atoms with van der Waals surface area (Å²) in [5.41, 5.74) is 0.884. The van der Waals surface area contributed by atoms with Crippen molar-refractivity contribution in [2.75, 3.05) is 27.9 Å². The Labute approximate surface area is 113 Å². The van der Waals surface area contributed by atoms with Crippen LogP contribution in [0.2, 0.25) is 0 Å². The molecule has 5 heteroatoms. The summed E-state index contributed by atoms with van der Waals surface area (Å²) < 4.78 is 16.0. The third-order valence-electron chi connectivity index (χ3n) is 3.31. The van der Waals surface area contributed by atoms with Crippen LogP contribution in [0.5, 0.6) is 17.2 Å². The predicted molar refractivity (Wildman–Crippen MR) is 72.1 cm³/mol. The minimum atomic E-state index is -0.151. The van der Waals surface area contributed by atoms with Crippen molar-refractivity contribution in [1.29, 1.82) is 0 Å². The fourth-order valence-electron chi connectivity index (χ4n) is 2.17. The molecule has 2 rings (SSSR count). The van der Waals surface area contributed by atoms with E-state index in [2.05, 4.69) is 5.32 Å². The predicted octanol–water partition coefficient (Wildman–Crippen LogP) is 1.50. The quantitative estimate of drug-likeness (QED) is 0.784. The zero-order valence-corrected chi connectivity index (χ0v) is 11.6. The Hall–Kier alpha value is -1.46. The summed E-state index contributed by atoms with van der Waals surface area (Å²) in [5, 5.41) is 13.0. The summed E-state index contributed by atoms with van der Waals surface area (Å²) >= 11 is 0. The first-order valence-corrected chi connectivity index (χ1v) is 6.40. The van der Waals surface area contributed by atoms with Gasteiger partial charge in [-0.3, -0.25) is 0 Å². The number of benzene rings is 1. The maximum absolute atomic E-state index is 9.58. The fourth-order valence-corrected chi connectivity index (χ4v) is 2.17. The highest BCUT2D eigenvalue weighted by atomic mass is 16.5. The average molecular weight is 267 g/mol. The van der Waals surface area contributed by atoms with Crippen molar-refractivity contribution >= 4 is 0 Å². The third kappa shape index (κ3) is 2.93. The van der Waals surface area contributed by atoms with Crippen molar-refractivity contribution in [3.05, 3.63) is 17.7 Å². The molecule has 106 valence electrons. The van der Waals surface area contributed by atoms with Crippen molar-refractivity contribution < 1.29 is 19.3 Å². The Kier molecular flexibility index (Phi) is 4.50. The Morgan fingerprint density at radius 2 is 1.84 bits per heavy atom. The monoisotopic (exact) mass is 267 g/mol. The largest absolute Gasteiger partial charge is 0.493 e. The molecule has 0 aromatic heterocycles. The number of hydrogen-bond acceptors (Lipinski definition) is 5. The number of aliphatic hydroxyl groups is 1. The Balaban J connectivity index is 2.36. The van der Waals surface area contributed by atoms with Crippen LogP contribution >= 0.6 is 0 Å². The highest BCUT2D eigenvalue weighted by molar-refractivity contribution is 5.56. The van der Waals surface area contributed by atoms with Crippen LogP contribution in [0.25, 0.3) is 0 Å². The minimum absolute atomic E-state index is 0.0162. The maximum Gasteiger partial charge on any atom is 0.203 e. The van der Waals surface area contributed by atoms with E-state index < -0.39 is 0 Å². The molecule has 0 amide bonds. The molecule has 0 aliphatic heterocycles. The molecule has 0 spiro atoms. The summed E-state index contributed by atoms with van der Waals surface area (Å²) in [6.07, 6.45) is 2.32. The molecule has 2 N–H and O–H groups in total. The van der Waals surface area contributed by atoms with E-state index in [9.17, 15) is 5.11 Å². The first kappa shape index (κ1) is 14.0. The van der Waals surface area contributed by atoms with Crippen LogP contribution in [0, 0.1) is 0 Å². The SMILES string of the molecule is COc1ccc(C(CO)NC2CC2)c(OC)c1OC. The smallest absolute Gasteiger partial charge is 0.203 e. The molecule has 1 aliphatic rings. The van der Waals surface area contributed by atoms with Gasteiger partial charge >= 0.3 is 0 Å². The minimum Gasteiger partial charge on any atom is -0.493 e. The highest BCUT2D eigenvalue weighted by Gasteiger charge is 2.28. The van der Waals surface area contributed by atoms with Gasteiger partial charge in [-0.15, -0.1) is 0 Å². The van der Waals surface area contributed by atoms with Crippen LogP contribution in [0.1, 0.15) is 24.4 Å². The molecule has 0 saturated heterocycles. The van der Waals surface area contributed by atoms with Gasteiger partial charge in [-0.25, -0.2) is 0 Å². The molecule has 0 heterocycles. The molecule has 1 aromatic carbocycles. The van der Waals surface area contributed by atoms with E-state index >= 15 is 0 Å². The van der Waals surface area contributed by atoms with Gasteiger partial charge in [0.05, 0.1) is 34.0 Å². The zero-order chi connectivity index (χ0) is 13.8. The van der Waals surface area contributed by atoms with Crippen LogP contribution in [-0.4, -0.2) is 39.1 Å². The molecule has 1 aliphatic carbocycles. The Morgan fingerprint density at radius 3 is 2.32 bits per heavy atom. The topological polar surface area (TPSA) is 60.0 Å². The van der Waals surface area contributed by atoms with Crippen molar-refractivity contribution in [2.45, 2.75) is 24.9 Å². The lowest BCUT2D eigenvalue weighted by Crippen LogP contribution is -2.26. The molecule has 1 fully saturated rings. The normalized spacial score (nSPS) is 16.0. The summed E-state index contributed by atoms with van der Waals surface area (Å²) in [6, 6.07) is 4.07. The van der Waals surface area contributed by atoms with Crippen molar-refractivity contribution in [3.63, 3.8) is 0 Å². The van der Waals surface area contributed by atoms with Crippen LogP contribution in [0.3, 0.4) is 0 Å². The van der Waals surface area contributed by atoms with Crippen LogP contribution in [-0.2, 0) is 0 Å². The van der Waals surface area contributed by atoms with Gasteiger partial charge in [-0.2, -0.15) is 0 Å². The van der Waals surface area contributed by atoms with Crippen LogP contribution in [0.15, 0.2) is 12.1 Å².